The number of carbonyl (C=O) groups is 1. The van der Waals surface area contributed by atoms with Crippen molar-refractivity contribution in [2.24, 2.45) is 0 Å². The Kier molecular flexibility index (Phi) is 2.55. The number of hydrogen-bond acceptors (Lipinski definition) is 4. The Morgan fingerprint density at radius 2 is 2.31 bits per heavy atom. The molecule has 1 aliphatic heterocycles. The summed E-state index contributed by atoms with van der Waals surface area (Å²) in [6.45, 7) is 1.85. The third-order valence-corrected chi connectivity index (χ3v) is 3.23. The van der Waals surface area contributed by atoms with Gasteiger partial charge < -0.3 is 4.74 Å². The first kappa shape index (κ1) is 10.9. The van der Waals surface area contributed by atoms with Crippen molar-refractivity contribution in [3.63, 3.8) is 0 Å². The highest BCUT2D eigenvalue weighted by atomic mass is 79.9. The first-order valence-electron chi connectivity index (χ1n) is 4.41. The Hall–Kier alpha value is -1.63. The number of cyclic esters (lactones) is 1. The van der Waals surface area contributed by atoms with Gasteiger partial charge in [0.2, 0.25) is 0 Å². The van der Waals surface area contributed by atoms with Crippen LogP contribution >= 0.6 is 15.9 Å². The van der Waals surface area contributed by atoms with Crippen LogP contribution in [0.25, 0.3) is 0 Å². The molecule has 0 unspecified atom stereocenters. The van der Waals surface area contributed by atoms with E-state index >= 15 is 0 Å². The number of halogens is 1. The number of amides is 1. The molecule has 2 rings (SSSR count). The van der Waals surface area contributed by atoms with Gasteiger partial charge in [-0.1, -0.05) is 15.9 Å². The van der Waals surface area contributed by atoms with Gasteiger partial charge >= 0.3 is 6.09 Å². The van der Waals surface area contributed by atoms with E-state index in [9.17, 15) is 14.9 Å². The summed E-state index contributed by atoms with van der Waals surface area (Å²) in [6, 6.07) is 1.37. The van der Waals surface area contributed by atoms with E-state index in [0.29, 0.717) is 10.0 Å². The maximum atomic E-state index is 11.0. The lowest BCUT2D eigenvalue weighted by Crippen LogP contribution is -2.22. The second kappa shape index (κ2) is 3.75. The largest absolute Gasteiger partial charge is 0.444 e. The van der Waals surface area contributed by atoms with Gasteiger partial charge in [-0.25, -0.2) is 4.79 Å². The minimum Gasteiger partial charge on any atom is -0.444 e. The van der Waals surface area contributed by atoms with Crippen LogP contribution in [-0.2, 0) is 11.3 Å². The van der Waals surface area contributed by atoms with Crippen molar-refractivity contribution in [1.82, 2.24) is 0 Å². The molecule has 0 spiro atoms. The lowest BCUT2D eigenvalue weighted by molar-refractivity contribution is -0.384. The molecule has 0 aliphatic carbocycles. The second-order valence-electron chi connectivity index (χ2n) is 3.31. The first-order chi connectivity index (χ1) is 7.50. The Balaban J connectivity index is 2.69. The number of benzene rings is 1. The predicted molar refractivity (Wildman–Crippen MR) is 59.3 cm³/mol. The number of rotatable bonds is 1. The van der Waals surface area contributed by atoms with Crippen LogP contribution in [0, 0.1) is 17.0 Å². The summed E-state index contributed by atoms with van der Waals surface area (Å²) in [4.78, 5) is 21.3. The summed E-state index contributed by atoms with van der Waals surface area (Å²) in [6.07, 6.45) is -0.669. The highest BCUT2D eigenvalue weighted by Gasteiger charge is 2.27. The monoisotopic (exact) mass is 286 g/mol. The van der Waals surface area contributed by atoms with Gasteiger partial charge in [0.05, 0.1) is 4.92 Å². The molecule has 1 aliphatic rings. The van der Waals surface area contributed by atoms with Crippen LogP contribution in [0.4, 0.5) is 16.2 Å². The summed E-state index contributed by atoms with van der Waals surface area (Å²) in [7, 11) is 0. The second-order valence-corrected chi connectivity index (χ2v) is 4.17. The zero-order valence-corrected chi connectivity index (χ0v) is 9.83. The zero-order valence-electron chi connectivity index (χ0n) is 8.24. The van der Waals surface area contributed by atoms with Gasteiger partial charge in [-0.05, 0) is 12.5 Å². The van der Waals surface area contributed by atoms with Gasteiger partial charge in [0.1, 0.15) is 12.3 Å². The highest BCUT2D eigenvalue weighted by Crippen LogP contribution is 2.38. The molecule has 1 heterocycles. The molecule has 84 valence electrons. The fraction of sp³-hybridized carbons (Fsp3) is 0.222. The van der Waals surface area contributed by atoms with Crippen LogP contribution in [-0.4, -0.2) is 11.0 Å². The fourth-order valence-corrected chi connectivity index (χ4v) is 1.98. The summed E-state index contributed by atoms with van der Waals surface area (Å²) in [5, 5.41) is 13.2. The SMILES string of the molecule is Cc1c(Br)cc([N+](=O)[O-])c2c1COC(=O)N2. The number of nitrogens with zero attached hydrogens (tertiary/aromatic N) is 1. The fourth-order valence-electron chi connectivity index (χ4n) is 1.53. The van der Waals surface area contributed by atoms with E-state index in [2.05, 4.69) is 21.2 Å². The van der Waals surface area contributed by atoms with Gasteiger partial charge in [0.15, 0.2) is 0 Å². The van der Waals surface area contributed by atoms with E-state index in [1.54, 1.807) is 6.92 Å². The number of hydrogen-bond donors (Lipinski definition) is 1. The zero-order chi connectivity index (χ0) is 11.9. The molecule has 6 nitrogen and oxygen atoms in total. The van der Waals surface area contributed by atoms with E-state index in [4.69, 9.17) is 4.74 Å². The molecule has 0 saturated carbocycles. The molecular weight excluding hydrogens is 280 g/mol. The molecule has 0 saturated heterocycles. The van der Waals surface area contributed by atoms with Gasteiger partial charge in [-0.3, -0.25) is 15.4 Å². The molecule has 1 amide bonds. The molecule has 1 aromatic carbocycles. The molecule has 0 atom stereocenters. The molecule has 0 aromatic heterocycles. The number of nitro benzene ring substituents is 1. The van der Waals surface area contributed by atoms with Crippen LogP contribution in [0.3, 0.4) is 0 Å². The van der Waals surface area contributed by atoms with Crippen molar-refractivity contribution in [3.8, 4) is 0 Å². The highest BCUT2D eigenvalue weighted by molar-refractivity contribution is 9.10. The number of fused-ring (bicyclic) bond motifs is 1. The summed E-state index contributed by atoms with van der Waals surface area (Å²) in [5.74, 6) is 0. The molecular formula is C9H7BrN2O4. The summed E-state index contributed by atoms with van der Waals surface area (Å²) in [5.41, 5.74) is 1.53. The minimum atomic E-state index is -0.669. The number of nitro groups is 1. The third-order valence-electron chi connectivity index (χ3n) is 2.40. The van der Waals surface area contributed by atoms with Crippen LogP contribution in [0.1, 0.15) is 11.1 Å². The Bertz CT molecular complexity index is 501. The molecule has 0 bridgehead atoms. The van der Waals surface area contributed by atoms with Gasteiger partial charge in [0, 0.05) is 16.1 Å². The average Bonchev–Trinajstić information content (AvgIpc) is 2.22. The van der Waals surface area contributed by atoms with E-state index in [1.165, 1.54) is 6.07 Å². The Morgan fingerprint density at radius 1 is 1.62 bits per heavy atom. The number of carbonyl (C=O) groups excluding carboxylic acids is 1. The van der Waals surface area contributed by atoms with Crippen LogP contribution in [0.15, 0.2) is 10.5 Å². The van der Waals surface area contributed by atoms with Crippen molar-refractivity contribution in [2.45, 2.75) is 13.5 Å². The summed E-state index contributed by atoms with van der Waals surface area (Å²) < 4.78 is 5.40. The lowest BCUT2D eigenvalue weighted by atomic mass is 10.0. The van der Waals surface area contributed by atoms with Gasteiger partial charge in [-0.2, -0.15) is 0 Å². The van der Waals surface area contributed by atoms with Crippen molar-refractivity contribution >= 4 is 33.4 Å². The molecule has 7 heteroatoms. The van der Waals surface area contributed by atoms with E-state index in [-0.39, 0.29) is 18.0 Å². The Morgan fingerprint density at radius 3 is 2.94 bits per heavy atom. The maximum Gasteiger partial charge on any atom is 0.412 e. The molecule has 16 heavy (non-hydrogen) atoms. The van der Waals surface area contributed by atoms with Crippen molar-refractivity contribution in [3.05, 3.63) is 31.8 Å². The molecule has 1 N–H and O–H groups in total. The van der Waals surface area contributed by atoms with Crippen molar-refractivity contribution < 1.29 is 14.5 Å². The van der Waals surface area contributed by atoms with E-state index in [1.807, 2.05) is 0 Å². The first-order valence-corrected chi connectivity index (χ1v) is 5.20. The predicted octanol–water partition coefficient (Wildman–Crippen LogP) is 2.73. The van der Waals surface area contributed by atoms with Crippen LogP contribution < -0.4 is 5.32 Å². The van der Waals surface area contributed by atoms with Crippen LogP contribution in [0.5, 0.6) is 0 Å². The molecule has 0 fully saturated rings. The topological polar surface area (TPSA) is 81.5 Å². The lowest BCUT2D eigenvalue weighted by Gasteiger charge is -2.19. The van der Waals surface area contributed by atoms with E-state index < -0.39 is 11.0 Å². The molecule has 1 aromatic rings. The summed E-state index contributed by atoms with van der Waals surface area (Å²) >= 11 is 3.24. The number of anilines is 1. The van der Waals surface area contributed by atoms with Crippen LogP contribution in [0.2, 0.25) is 0 Å². The number of nitrogens with one attached hydrogen (secondary N) is 1. The Labute approximate surface area is 98.9 Å². The minimum absolute atomic E-state index is 0.0489. The van der Waals surface area contributed by atoms with Crippen molar-refractivity contribution in [1.29, 1.82) is 0 Å². The van der Waals surface area contributed by atoms with E-state index in [0.717, 1.165) is 5.56 Å². The molecule has 0 radical (unpaired) electrons. The van der Waals surface area contributed by atoms with Crippen molar-refractivity contribution in [2.75, 3.05) is 5.32 Å². The normalized spacial score (nSPS) is 13.8. The quantitative estimate of drug-likeness (QED) is 0.636. The van der Waals surface area contributed by atoms with Gasteiger partial charge in [-0.15, -0.1) is 0 Å². The third kappa shape index (κ3) is 1.63. The average molecular weight is 287 g/mol. The standard InChI is InChI=1S/C9H7BrN2O4/c1-4-5-3-16-9(13)11-8(5)7(12(14)15)2-6(4)10/h2H,3H2,1H3,(H,11,13). The number of ether oxygens (including phenoxy) is 1. The van der Waals surface area contributed by atoms with Gasteiger partial charge in [0.25, 0.3) is 5.69 Å². The maximum absolute atomic E-state index is 11.0. The smallest absolute Gasteiger partial charge is 0.412 e.